The molecule has 0 aliphatic heterocycles. The van der Waals surface area contributed by atoms with Crippen LogP contribution < -0.4 is 0 Å². The maximum atomic E-state index is 13.8. The molecule has 1 rings (SSSR count). The minimum Gasteiger partial charge on any atom is -0.333 e. The molecule has 0 spiro atoms. The molecule has 0 radical (unpaired) electrons. The summed E-state index contributed by atoms with van der Waals surface area (Å²) in [5.74, 6) is -9.46. The maximum absolute atomic E-state index is 13.8. The molecule has 3 nitrogen and oxygen atoms in total. The highest BCUT2D eigenvalue weighted by Gasteiger charge is 2.25. The number of rotatable bonds is 16. The van der Waals surface area contributed by atoms with E-state index in [1.54, 1.807) is 0 Å². The Kier molecular flexibility index (Phi) is 13.1. The molecule has 8 heteroatoms. The predicted octanol–water partition coefficient (Wildman–Crippen LogP) is 6.81. The van der Waals surface area contributed by atoms with Crippen molar-refractivity contribution in [2.45, 2.75) is 90.1 Å². The molecule has 0 aliphatic carbocycles. The van der Waals surface area contributed by atoms with Crippen LogP contribution in [0.4, 0.5) is 22.0 Å². The summed E-state index contributed by atoms with van der Waals surface area (Å²) in [4.78, 5) is 0. The largest absolute Gasteiger partial charge is 0.333 e. The Labute approximate surface area is 175 Å². The Hall–Kier alpha value is -1.25. The quantitative estimate of drug-likeness (QED) is 0.0929. The highest BCUT2D eigenvalue weighted by atomic mass is 19.2. The van der Waals surface area contributed by atoms with E-state index in [9.17, 15) is 22.0 Å². The van der Waals surface area contributed by atoms with E-state index < -0.39 is 41.1 Å². The normalized spacial score (nSPS) is 12.7. The van der Waals surface area contributed by atoms with Gasteiger partial charge in [0, 0.05) is 19.8 Å². The summed E-state index contributed by atoms with van der Waals surface area (Å²) in [5, 5.41) is 0. The van der Waals surface area contributed by atoms with E-state index in [0.29, 0.717) is 12.8 Å². The first-order chi connectivity index (χ1) is 14.4. The molecule has 1 atom stereocenters. The van der Waals surface area contributed by atoms with E-state index >= 15 is 0 Å². The lowest BCUT2D eigenvalue weighted by Crippen LogP contribution is -2.25. The Bertz CT molecular complexity index is 594. The number of hydrogen-bond acceptors (Lipinski definition) is 3. The summed E-state index contributed by atoms with van der Waals surface area (Å²) in [5.41, 5.74) is -0.772. The fourth-order valence-corrected chi connectivity index (χ4v) is 3.34. The lowest BCUT2D eigenvalue weighted by atomic mass is 10.0. The van der Waals surface area contributed by atoms with Crippen LogP contribution in [0.2, 0.25) is 0 Å². The minimum atomic E-state index is -2.13. The van der Waals surface area contributed by atoms with Crippen molar-refractivity contribution >= 4 is 0 Å². The third-order valence-corrected chi connectivity index (χ3v) is 5.07. The molecule has 0 saturated heterocycles. The van der Waals surface area contributed by atoms with E-state index in [0.717, 1.165) is 25.7 Å². The zero-order chi connectivity index (χ0) is 22.5. The van der Waals surface area contributed by atoms with Gasteiger partial charge in [-0.25, -0.2) is 22.0 Å². The second kappa shape index (κ2) is 14.7. The summed E-state index contributed by atoms with van der Waals surface area (Å²) in [6.07, 6.45) is 8.46. The lowest BCUT2D eigenvalue weighted by molar-refractivity contribution is -0.285. The molecule has 0 saturated carbocycles. The number of unbranched alkanes of at least 4 members (excludes halogenated alkanes) is 6. The van der Waals surface area contributed by atoms with Crippen LogP contribution in [-0.2, 0) is 20.6 Å². The summed E-state index contributed by atoms with van der Waals surface area (Å²) in [7, 11) is 2.91. The summed E-state index contributed by atoms with van der Waals surface area (Å²) in [6, 6.07) is 0. The fourth-order valence-electron chi connectivity index (χ4n) is 3.34. The number of halogens is 5. The lowest BCUT2D eigenvalue weighted by Gasteiger charge is -2.23. The van der Waals surface area contributed by atoms with Gasteiger partial charge in [0.25, 0.3) is 6.48 Å². The Morgan fingerprint density at radius 1 is 0.633 bits per heavy atom. The highest BCUT2D eigenvalue weighted by Crippen LogP contribution is 2.25. The van der Waals surface area contributed by atoms with Crippen LogP contribution in [0.25, 0.3) is 0 Å². The average molecular weight is 440 g/mol. The second-order valence-electron chi connectivity index (χ2n) is 7.37. The highest BCUT2D eigenvalue weighted by molar-refractivity contribution is 5.24. The minimum absolute atomic E-state index is 0.183. The Morgan fingerprint density at radius 3 is 1.63 bits per heavy atom. The van der Waals surface area contributed by atoms with E-state index in [1.807, 2.05) is 0 Å². The van der Waals surface area contributed by atoms with Gasteiger partial charge in [0.15, 0.2) is 23.3 Å². The Morgan fingerprint density at radius 2 is 1.10 bits per heavy atom. The van der Waals surface area contributed by atoms with Crippen molar-refractivity contribution in [3.63, 3.8) is 0 Å². The third-order valence-electron chi connectivity index (χ3n) is 5.07. The molecule has 1 aromatic carbocycles. The zero-order valence-corrected chi connectivity index (χ0v) is 18.0. The van der Waals surface area contributed by atoms with Crippen molar-refractivity contribution in [2.75, 3.05) is 14.2 Å². The summed E-state index contributed by atoms with van der Waals surface area (Å²) in [6.45, 7) is 1.34. The molecule has 30 heavy (non-hydrogen) atoms. The standard InChI is InChI=1S/C22H33F5O3/c1-4-5-6-7-8-9-12-15(30-22(28-2)29-3)13-10-11-14-16-17(23)19(25)21(27)20(26)18(16)24/h15,22H,4-14H2,1-3H3. The van der Waals surface area contributed by atoms with Crippen molar-refractivity contribution < 1.29 is 36.2 Å². The van der Waals surface area contributed by atoms with E-state index in [-0.39, 0.29) is 18.9 Å². The molecule has 0 aliphatic rings. The molecular formula is C22H33F5O3. The van der Waals surface area contributed by atoms with Gasteiger partial charge >= 0.3 is 0 Å². The summed E-state index contributed by atoms with van der Waals surface area (Å²) < 4.78 is 83.2. The smallest absolute Gasteiger partial charge is 0.271 e. The van der Waals surface area contributed by atoms with Crippen LogP contribution in [-0.4, -0.2) is 26.8 Å². The van der Waals surface area contributed by atoms with Crippen LogP contribution >= 0.6 is 0 Å². The van der Waals surface area contributed by atoms with E-state index in [1.165, 1.54) is 33.5 Å². The molecule has 1 aromatic rings. The molecule has 0 fully saturated rings. The molecule has 0 heterocycles. The van der Waals surface area contributed by atoms with Gasteiger partial charge in [-0.05, 0) is 25.7 Å². The molecular weight excluding hydrogens is 407 g/mol. The van der Waals surface area contributed by atoms with Crippen LogP contribution in [0.1, 0.15) is 76.7 Å². The van der Waals surface area contributed by atoms with Crippen LogP contribution in [0, 0.1) is 29.1 Å². The Balaban J connectivity index is 2.56. The van der Waals surface area contributed by atoms with E-state index in [2.05, 4.69) is 6.92 Å². The van der Waals surface area contributed by atoms with Gasteiger partial charge in [0.1, 0.15) is 0 Å². The fraction of sp³-hybridized carbons (Fsp3) is 0.727. The van der Waals surface area contributed by atoms with Crippen LogP contribution in [0.15, 0.2) is 0 Å². The predicted molar refractivity (Wildman–Crippen MR) is 104 cm³/mol. The maximum Gasteiger partial charge on any atom is 0.271 e. The third kappa shape index (κ3) is 8.47. The topological polar surface area (TPSA) is 27.7 Å². The van der Waals surface area contributed by atoms with Gasteiger partial charge < -0.3 is 14.2 Å². The zero-order valence-electron chi connectivity index (χ0n) is 18.0. The molecule has 174 valence electrons. The first kappa shape index (κ1) is 26.8. The molecule has 1 unspecified atom stereocenters. The number of benzene rings is 1. The van der Waals surface area contributed by atoms with Crippen molar-refractivity contribution in [3.8, 4) is 0 Å². The van der Waals surface area contributed by atoms with Gasteiger partial charge in [-0.1, -0.05) is 51.9 Å². The van der Waals surface area contributed by atoms with Crippen molar-refractivity contribution in [1.29, 1.82) is 0 Å². The first-order valence-electron chi connectivity index (χ1n) is 10.6. The molecule has 0 amide bonds. The van der Waals surface area contributed by atoms with Crippen molar-refractivity contribution in [1.82, 2.24) is 0 Å². The first-order valence-corrected chi connectivity index (χ1v) is 10.6. The average Bonchev–Trinajstić information content (AvgIpc) is 2.75. The second-order valence-corrected chi connectivity index (χ2v) is 7.37. The van der Waals surface area contributed by atoms with Crippen molar-refractivity contribution in [3.05, 3.63) is 34.6 Å². The van der Waals surface area contributed by atoms with Gasteiger partial charge in [-0.3, -0.25) is 0 Å². The number of ether oxygens (including phenoxy) is 3. The molecule has 0 bridgehead atoms. The summed E-state index contributed by atoms with van der Waals surface area (Å²) >= 11 is 0. The monoisotopic (exact) mass is 440 g/mol. The number of hydrogen-bond donors (Lipinski definition) is 0. The SMILES string of the molecule is CCCCCCCCC(CCCCc1c(F)c(F)c(F)c(F)c1F)OC(OC)OC. The van der Waals surface area contributed by atoms with Gasteiger partial charge in [-0.15, -0.1) is 0 Å². The number of methoxy groups -OCH3 is 2. The van der Waals surface area contributed by atoms with Crippen molar-refractivity contribution in [2.24, 2.45) is 0 Å². The van der Waals surface area contributed by atoms with Crippen LogP contribution in [0.5, 0.6) is 0 Å². The molecule has 0 aromatic heterocycles. The van der Waals surface area contributed by atoms with Gasteiger partial charge in [0.2, 0.25) is 5.82 Å². The van der Waals surface area contributed by atoms with Gasteiger partial charge in [0.05, 0.1) is 6.10 Å². The van der Waals surface area contributed by atoms with Crippen LogP contribution in [0.3, 0.4) is 0 Å². The van der Waals surface area contributed by atoms with Gasteiger partial charge in [-0.2, -0.15) is 0 Å². The molecule has 0 N–H and O–H groups in total. The van der Waals surface area contributed by atoms with E-state index in [4.69, 9.17) is 14.2 Å².